The lowest BCUT2D eigenvalue weighted by molar-refractivity contribution is 0.196. The fourth-order valence-corrected chi connectivity index (χ4v) is 2.79. The van der Waals surface area contributed by atoms with Crippen molar-refractivity contribution in [1.29, 1.82) is 0 Å². The van der Waals surface area contributed by atoms with Crippen LogP contribution in [0.5, 0.6) is 0 Å². The lowest BCUT2D eigenvalue weighted by atomic mass is 10.1. The second-order valence-corrected chi connectivity index (χ2v) is 7.36. The van der Waals surface area contributed by atoms with Gasteiger partial charge in [0.25, 0.3) is 0 Å². The first-order chi connectivity index (χ1) is 6.79. The molecule has 0 amide bonds. The van der Waals surface area contributed by atoms with Gasteiger partial charge < -0.3 is 5.11 Å². The molecule has 0 spiro atoms. The molecule has 0 aliphatic rings. The maximum absolute atomic E-state index is 9.69. The summed E-state index contributed by atoms with van der Waals surface area (Å²) < 4.78 is 1.17. The molecule has 1 atom stereocenters. The van der Waals surface area contributed by atoms with Crippen molar-refractivity contribution in [1.82, 2.24) is 0 Å². The summed E-state index contributed by atoms with van der Waals surface area (Å²) in [5.74, 6) is 0. The standard InChI is InChI=1S/C12H17BrOS/c1-8(14)10-7-9(13)5-6-11(10)15-12(2,3)4/h5-8,14H,1-4H3. The van der Waals surface area contributed by atoms with Crippen molar-refractivity contribution < 1.29 is 5.11 Å². The number of hydrogen-bond donors (Lipinski definition) is 1. The molecule has 3 heteroatoms. The quantitative estimate of drug-likeness (QED) is 0.815. The Labute approximate surface area is 104 Å². The highest BCUT2D eigenvalue weighted by Gasteiger charge is 2.16. The molecule has 1 aromatic rings. The zero-order valence-corrected chi connectivity index (χ0v) is 11.9. The number of benzene rings is 1. The van der Waals surface area contributed by atoms with E-state index in [1.54, 1.807) is 18.7 Å². The Kier molecular flexibility index (Phi) is 4.27. The summed E-state index contributed by atoms with van der Waals surface area (Å²) in [5, 5.41) is 9.69. The molecule has 0 bridgehead atoms. The molecular formula is C12H17BrOS. The van der Waals surface area contributed by atoms with Gasteiger partial charge in [-0.25, -0.2) is 0 Å². The fourth-order valence-electron chi connectivity index (χ4n) is 1.27. The van der Waals surface area contributed by atoms with Crippen LogP contribution in [0.4, 0.5) is 0 Å². The Morgan fingerprint density at radius 2 is 1.93 bits per heavy atom. The molecule has 84 valence electrons. The smallest absolute Gasteiger partial charge is 0.0773 e. The summed E-state index contributed by atoms with van der Waals surface area (Å²) >= 11 is 5.21. The van der Waals surface area contributed by atoms with Crippen molar-refractivity contribution in [3.8, 4) is 0 Å². The highest BCUT2D eigenvalue weighted by molar-refractivity contribution is 9.10. The van der Waals surface area contributed by atoms with Gasteiger partial charge in [0.15, 0.2) is 0 Å². The summed E-state index contributed by atoms with van der Waals surface area (Å²) in [6.07, 6.45) is -0.424. The van der Waals surface area contributed by atoms with Crippen molar-refractivity contribution in [2.75, 3.05) is 0 Å². The molecule has 1 nitrogen and oxygen atoms in total. The number of thioether (sulfide) groups is 1. The van der Waals surface area contributed by atoms with E-state index in [0.717, 1.165) is 14.9 Å². The van der Waals surface area contributed by atoms with Crippen LogP contribution in [0.1, 0.15) is 39.4 Å². The topological polar surface area (TPSA) is 20.2 Å². The van der Waals surface area contributed by atoms with E-state index in [4.69, 9.17) is 0 Å². The van der Waals surface area contributed by atoms with Gasteiger partial charge in [-0.3, -0.25) is 0 Å². The van der Waals surface area contributed by atoms with Crippen LogP contribution in [0.25, 0.3) is 0 Å². The minimum absolute atomic E-state index is 0.164. The van der Waals surface area contributed by atoms with Crippen molar-refractivity contribution in [2.45, 2.75) is 43.4 Å². The molecule has 15 heavy (non-hydrogen) atoms. The lowest BCUT2D eigenvalue weighted by Crippen LogP contribution is -2.08. The van der Waals surface area contributed by atoms with Gasteiger partial charge in [-0.2, -0.15) is 0 Å². The maximum atomic E-state index is 9.69. The Morgan fingerprint density at radius 1 is 1.33 bits per heavy atom. The average molecular weight is 289 g/mol. The highest BCUT2D eigenvalue weighted by atomic mass is 79.9. The molecule has 0 heterocycles. The van der Waals surface area contributed by atoms with Crippen LogP contribution < -0.4 is 0 Å². The number of halogens is 1. The molecule has 0 saturated carbocycles. The van der Waals surface area contributed by atoms with Crippen LogP contribution in [-0.4, -0.2) is 9.85 Å². The molecule has 0 radical (unpaired) electrons. The molecule has 0 aliphatic carbocycles. The first-order valence-electron chi connectivity index (χ1n) is 4.96. The van der Waals surface area contributed by atoms with Gasteiger partial charge in [0.05, 0.1) is 6.10 Å². The van der Waals surface area contributed by atoms with Crippen LogP contribution >= 0.6 is 27.7 Å². The van der Waals surface area contributed by atoms with E-state index in [1.807, 2.05) is 12.1 Å². The maximum Gasteiger partial charge on any atom is 0.0773 e. The van der Waals surface area contributed by atoms with E-state index in [9.17, 15) is 5.11 Å². The number of rotatable bonds is 2. The molecule has 1 unspecified atom stereocenters. The fraction of sp³-hybridized carbons (Fsp3) is 0.500. The first kappa shape index (κ1) is 13.1. The Bertz CT molecular complexity index is 342. The molecule has 0 saturated heterocycles. The minimum atomic E-state index is -0.424. The van der Waals surface area contributed by atoms with E-state index in [0.29, 0.717) is 0 Å². The van der Waals surface area contributed by atoms with Crippen LogP contribution in [0.2, 0.25) is 0 Å². The largest absolute Gasteiger partial charge is 0.389 e. The average Bonchev–Trinajstić information content (AvgIpc) is 2.05. The number of aliphatic hydroxyl groups is 1. The van der Waals surface area contributed by atoms with E-state index >= 15 is 0 Å². The van der Waals surface area contributed by atoms with E-state index in [1.165, 1.54) is 0 Å². The summed E-state index contributed by atoms with van der Waals surface area (Å²) in [5.41, 5.74) is 0.990. The van der Waals surface area contributed by atoms with Crippen LogP contribution in [0.3, 0.4) is 0 Å². The van der Waals surface area contributed by atoms with Gasteiger partial charge in [0.1, 0.15) is 0 Å². The summed E-state index contributed by atoms with van der Waals surface area (Å²) in [6, 6.07) is 6.06. The minimum Gasteiger partial charge on any atom is -0.389 e. The molecule has 1 aromatic carbocycles. The van der Waals surface area contributed by atoms with Crippen molar-refractivity contribution in [3.63, 3.8) is 0 Å². The Hall–Kier alpha value is 0.01000. The molecule has 1 rings (SSSR count). The monoisotopic (exact) mass is 288 g/mol. The molecule has 0 fully saturated rings. The van der Waals surface area contributed by atoms with Crippen LogP contribution in [-0.2, 0) is 0 Å². The zero-order valence-electron chi connectivity index (χ0n) is 9.54. The van der Waals surface area contributed by atoms with E-state index in [2.05, 4.69) is 42.8 Å². The van der Waals surface area contributed by atoms with Gasteiger partial charge in [0, 0.05) is 14.1 Å². The summed E-state index contributed by atoms with van der Waals surface area (Å²) in [4.78, 5) is 1.15. The van der Waals surface area contributed by atoms with E-state index < -0.39 is 6.10 Å². The second-order valence-electron chi connectivity index (χ2n) is 4.57. The normalized spacial score (nSPS) is 14.0. The molecule has 1 N–H and O–H groups in total. The SMILES string of the molecule is CC(O)c1cc(Br)ccc1SC(C)(C)C. The summed E-state index contributed by atoms with van der Waals surface area (Å²) in [7, 11) is 0. The third kappa shape index (κ3) is 4.17. The molecule has 0 aliphatic heterocycles. The predicted molar refractivity (Wildman–Crippen MR) is 70.4 cm³/mol. The van der Waals surface area contributed by atoms with Crippen LogP contribution in [0, 0.1) is 0 Å². The van der Waals surface area contributed by atoms with Gasteiger partial charge in [-0.1, -0.05) is 36.7 Å². The van der Waals surface area contributed by atoms with E-state index in [-0.39, 0.29) is 4.75 Å². The third-order valence-electron chi connectivity index (χ3n) is 1.84. The van der Waals surface area contributed by atoms with Crippen LogP contribution in [0.15, 0.2) is 27.6 Å². The van der Waals surface area contributed by atoms with Crippen molar-refractivity contribution in [2.24, 2.45) is 0 Å². The highest BCUT2D eigenvalue weighted by Crippen LogP contribution is 2.37. The number of aliphatic hydroxyl groups excluding tert-OH is 1. The summed E-state index contributed by atoms with van der Waals surface area (Å²) in [6.45, 7) is 8.32. The molecular weight excluding hydrogens is 272 g/mol. The van der Waals surface area contributed by atoms with Gasteiger partial charge in [-0.15, -0.1) is 11.8 Å². The van der Waals surface area contributed by atoms with Crippen molar-refractivity contribution >= 4 is 27.7 Å². The van der Waals surface area contributed by atoms with Gasteiger partial charge >= 0.3 is 0 Å². The van der Waals surface area contributed by atoms with Crippen molar-refractivity contribution in [3.05, 3.63) is 28.2 Å². The predicted octanol–water partition coefficient (Wildman–Crippen LogP) is 4.39. The zero-order chi connectivity index (χ0) is 11.6. The first-order valence-corrected chi connectivity index (χ1v) is 6.57. The number of hydrogen-bond acceptors (Lipinski definition) is 2. The molecule has 0 aromatic heterocycles. The second kappa shape index (κ2) is 4.89. The Balaban J connectivity index is 3.06. The third-order valence-corrected chi connectivity index (χ3v) is 3.54. The van der Waals surface area contributed by atoms with Gasteiger partial charge in [0.2, 0.25) is 0 Å². The Morgan fingerprint density at radius 3 is 2.40 bits per heavy atom. The lowest BCUT2D eigenvalue weighted by Gasteiger charge is -2.21. The van der Waals surface area contributed by atoms with Gasteiger partial charge in [-0.05, 0) is 30.7 Å².